The minimum absolute atomic E-state index is 0.543. The number of ether oxygens (including phenoxy) is 1. The van der Waals surface area contributed by atoms with Gasteiger partial charge in [0.1, 0.15) is 18.2 Å². The number of Topliss-reactive ketones (excluding diaryl/α,β-unsaturated/α-hetero) is 1. The Hall–Kier alpha value is -3.10. The summed E-state index contributed by atoms with van der Waals surface area (Å²) in [5.41, 5.74) is -1.99. The summed E-state index contributed by atoms with van der Waals surface area (Å²) in [6.07, 6.45) is 1.08. The fourth-order valence-corrected chi connectivity index (χ4v) is 1.69. The lowest BCUT2D eigenvalue weighted by Crippen LogP contribution is -2.31. The molecular weight excluding hydrogens is 314 g/mol. The SMILES string of the molecule is O=C(Cn1ccc(=O)[nH]c1=O)OCC(=O)c1cc(F)ccc1F. The van der Waals surface area contributed by atoms with Crippen LogP contribution in [0.3, 0.4) is 0 Å². The number of nitrogens with zero attached hydrogens (tertiary/aromatic N) is 1. The first-order valence-corrected chi connectivity index (χ1v) is 6.30. The van der Waals surface area contributed by atoms with Crippen LogP contribution in [0.1, 0.15) is 10.4 Å². The van der Waals surface area contributed by atoms with E-state index in [-0.39, 0.29) is 0 Å². The quantitative estimate of drug-likeness (QED) is 0.627. The van der Waals surface area contributed by atoms with Crippen molar-refractivity contribution in [2.45, 2.75) is 6.54 Å². The summed E-state index contributed by atoms with van der Waals surface area (Å²) in [7, 11) is 0. The van der Waals surface area contributed by atoms with E-state index in [1.165, 1.54) is 0 Å². The Balaban J connectivity index is 1.99. The van der Waals surface area contributed by atoms with Crippen LogP contribution in [0.5, 0.6) is 0 Å². The standard InChI is InChI=1S/C14H10F2N2O5/c15-8-1-2-10(16)9(5-8)11(19)7-23-13(21)6-18-4-3-12(20)17-14(18)22/h1-5H,6-7H2,(H,17,20,22). The van der Waals surface area contributed by atoms with Gasteiger partial charge in [-0.15, -0.1) is 0 Å². The van der Waals surface area contributed by atoms with Crippen molar-refractivity contribution < 1.29 is 23.1 Å². The third-order valence-corrected chi connectivity index (χ3v) is 2.79. The smallest absolute Gasteiger partial charge is 0.328 e. The lowest BCUT2D eigenvalue weighted by Gasteiger charge is -2.06. The minimum Gasteiger partial charge on any atom is -0.456 e. The highest BCUT2D eigenvalue weighted by Gasteiger charge is 2.15. The van der Waals surface area contributed by atoms with Gasteiger partial charge in [0.15, 0.2) is 6.61 Å². The molecule has 7 nitrogen and oxygen atoms in total. The van der Waals surface area contributed by atoms with Crippen LogP contribution in [0, 0.1) is 11.6 Å². The van der Waals surface area contributed by atoms with Crippen LogP contribution in [0.2, 0.25) is 0 Å². The number of esters is 1. The Bertz CT molecular complexity index is 872. The van der Waals surface area contributed by atoms with Crippen molar-refractivity contribution in [3.8, 4) is 0 Å². The predicted molar refractivity (Wildman–Crippen MR) is 73.0 cm³/mol. The van der Waals surface area contributed by atoms with E-state index in [0.717, 1.165) is 29.0 Å². The maximum absolute atomic E-state index is 13.4. The van der Waals surface area contributed by atoms with Crippen LogP contribution in [0.4, 0.5) is 8.78 Å². The number of carbonyl (C=O) groups is 2. The molecule has 0 atom stereocenters. The molecule has 120 valence electrons. The average molecular weight is 324 g/mol. The van der Waals surface area contributed by atoms with E-state index in [4.69, 9.17) is 0 Å². The molecule has 9 heteroatoms. The van der Waals surface area contributed by atoms with Gasteiger partial charge in [0, 0.05) is 12.3 Å². The molecule has 1 N–H and O–H groups in total. The van der Waals surface area contributed by atoms with Gasteiger partial charge in [0.05, 0.1) is 5.56 Å². The van der Waals surface area contributed by atoms with E-state index in [1.54, 1.807) is 0 Å². The van der Waals surface area contributed by atoms with Gasteiger partial charge >= 0.3 is 11.7 Å². The number of aromatic amines is 1. The number of H-pyrrole nitrogens is 1. The molecule has 0 bridgehead atoms. The number of hydrogen-bond donors (Lipinski definition) is 1. The molecule has 1 aromatic heterocycles. The number of ketones is 1. The zero-order valence-electron chi connectivity index (χ0n) is 11.5. The van der Waals surface area contributed by atoms with Gasteiger partial charge in [0.25, 0.3) is 5.56 Å². The highest BCUT2D eigenvalue weighted by Crippen LogP contribution is 2.10. The highest BCUT2D eigenvalue weighted by molar-refractivity contribution is 5.98. The second-order valence-corrected chi connectivity index (χ2v) is 4.45. The third-order valence-electron chi connectivity index (χ3n) is 2.79. The lowest BCUT2D eigenvalue weighted by atomic mass is 10.1. The second-order valence-electron chi connectivity index (χ2n) is 4.45. The van der Waals surface area contributed by atoms with Gasteiger partial charge in [0.2, 0.25) is 5.78 Å². The number of hydrogen-bond acceptors (Lipinski definition) is 5. The van der Waals surface area contributed by atoms with Gasteiger partial charge in [-0.3, -0.25) is 23.9 Å². The van der Waals surface area contributed by atoms with Crippen LogP contribution >= 0.6 is 0 Å². The Kier molecular flexibility index (Phi) is 4.79. The zero-order chi connectivity index (χ0) is 17.0. The molecule has 0 saturated carbocycles. The summed E-state index contributed by atoms with van der Waals surface area (Å²) in [4.78, 5) is 47.4. The molecule has 0 radical (unpaired) electrons. The zero-order valence-corrected chi connectivity index (χ0v) is 11.5. The maximum Gasteiger partial charge on any atom is 0.328 e. The summed E-state index contributed by atoms with van der Waals surface area (Å²) in [5.74, 6) is -3.63. The summed E-state index contributed by atoms with van der Waals surface area (Å²) in [6.45, 7) is -1.36. The molecular formula is C14H10F2N2O5. The molecule has 0 spiro atoms. The Morgan fingerprint density at radius 1 is 1.17 bits per heavy atom. The molecule has 0 saturated heterocycles. The van der Waals surface area contributed by atoms with Crippen molar-refractivity contribution in [3.05, 3.63) is 68.5 Å². The monoisotopic (exact) mass is 324 g/mol. The summed E-state index contributed by atoms with van der Waals surface area (Å²) in [5, 5.41) is 0. The molecule has 0 aliphatic carbocycles. The fraction of sp³-hybridized carbons (Fsp3) is 0.143. The lowest BCUT2D eigenvalue weighted by molar-refractivity contribution is -0.143. The predicted octanol–water partition coefficient (Wildman–Crippen LogP) is 0.241. The van der Waals surface area contributed by atoms with Gasteiger partial charge in [-0.2, -0.15) is 0 Å². The first-order valence-electron chi connectivity index (χ1n) is 6.30. The molecule has 0 aliphatic heterocycles. The molecule has 1 heterocycles. The Morgan fingerprint density at radius 2 is 1.91 bits per heavy atom. The number of benzene rings is 1. The first kappa shape index (κ1) is 16.3. The summed E-state index contributed by atoms with van der Waals surface area (Å²) < 4.78 is 31.8. The van der Waals surface area contributed by atoms with E-state index >= 15 is 0 Å². The van der Waals surface area contributed by atoms with Crippen LogP contribution < -0.4 is 11.2 Å². The van der Waals surface area contributed by atoms with Crippen molar-refractivity contribution in [1.82, 2.24) is 9.55 Å². The normalized spacial score (nSPS) is 10.3. The molecule has 1 aromatic carbocycles. The molecule has 0 amide bonds. The van der Waals surface area contributed by atoms with Crippen LogP contribution in [-0.2, 0) is 16.1 Å². The molecule has 0 unspecified atom stereocenters. The third kappa shape index (κ3) is 4.19. The number of nitrogens with one attached hydrogen (secondary N) is 1. The van der Waals surface area contributed by atoms with Gasteiger partial charge in [-0.05, 0) is 18.2 Å². The Labute approximate surface area is 127 Å². The topological polar surface area (TPSA) is 98.2 Å². The van der Waals surface area contributed by atoms with Crippen molar-refractivity contribution in [2.24, 2.45) is 0 Å². The minimum atomic E-state index is -0.954. The van der Waals surface area contributed by atoms with E-state index in [2.05, 4.69) is 4.74 Å². The second kappa shape index (κ2) is 6.77. The van der Waals surface area contributed by atoms with Crippen LogP contribution in [0.25, 0.3) is 0 Å². The molecule has 2 rings (SSSR count). The van der Waals surface area contributed by atoms with Crippen molar-refractivity contribution in [2.75, 3.05) is 6.61 Å². The van der Waals surface area contributed by atoms with Crippen molar-refractivity contribution in [1.29, 1.82) is 0 Å². The number of halogens is 2. The number of aromatic nitrogens is 2. The van der Waals surface area contributed by atoms with E-state index < -0.39 is 53.4 Å². The maximum atomic E-state index is 13.4. The largest absolute Gasteiger partial charge is 0.456 e. The molecule has 0 fully saturated rings. The fourth-order valence-electron chi connectivity index (χ4n) is 1.69. The summed E-state index contributed by atoms with van der Waals surface area (Å²) >= 11 is 0. The van der Waals surface area contributed by atoms with E-state index in [1.807, 2.05) is 4.98 Å². The van der Waals surface area contributed by atoms with E-state index in [9.17, 15) is 28.0 Å². The first-order chi connectivity index (χ1) is 10.9. The van der Waals surface area contributed by atoms with Crippen molar-refractivity contribution in [3.63, 3.8) is 0 Å². The van der Waals surface area contributed by atoms with E-state index in [0.29, 0.717) is 6.07 Å². The highest BCUT2D eigenvalue weighted by atomic mass is 19.1. The summed E-state index contributed by atoms with van der Waals surface area (Å²) in [6, 6.07) is 3.35. The van der Waals surface area contributed by atoms with Gasteiger partial charge in [-0.1, -0.05) is 0 Å². The van der Waals surface area contributed by atoms with Crippen molar-refractivity contribution >= 4 is 11.8 Å². The van der Waals surface area contributed by atoms with Gasteiger partial charge in [-0.25, -0.2) is 13.6 Å². The van der Waals surface area contributed by atoms with Gasteiger partial charge < -0.3 is 4.74 Å². The van der Waals surface area contributed by atoms with Crippen LogP contribution in [0.15, 0.2) is 40.1 Å². The van der Waals surface area contributed by atoms with Crippen LogP contribution in [-0.4, -0.2) is 27.9 Å². The molecule has 23 heavy (non-hydrogen) atoms. The molecule has 2 aromatic rings. The number of carbonyl (C=O) groups excluding carboxylic acids is 2. The Morgan fingerprint density at radius 3 is 2.61 bits per heavy atom. The average Bonchev–Trinajstić information content (AvgIpc) is 2.50. The molecule has 0 aliphatic rings. The number of rotatable bonds is 5.